The Kier molecular flexibility index (Phi) is 7.66. The highest BCUT2D eigenvalue weighted by atomic mass is 19.3. The Morgan fingerprint density at radius 1 is 0.935 bits per heavy atom. The first-order valence-electron chi connectivity index (χ1n) is 10.7. The van der Waals surface area contributed by atoms with Crippen LogP contribution in [0, 0.1) is 5.82 Å². The Bertz CT molecular complexity index is 990. The van der Waals surface area contributed by atoms with E-state index >= 15 is 0 Å². The Morgan fingerprint density at radius 3 is 2.48 bits per heavy atom. The Hall–Kier alpha value is -2.89. The van der Waals surface area contributed by atoms with Crippen LogP contribution in [0.15, 0.2) is 54.9 Å². The van der Waals surface area contributed by atoms with Gasteiger partial charge in [-0.2, -0.15) is 8.78 Å². The zero-order valence-corrected chi connectivity index (χ0v) is 17.9. The summed E-state index contributed by atoms with van der Waals surface area (Å²) in [5.74, 6) is -2.65. The van der Waals surface area contributed by atoms with Crippen molar-refractivity contribution < 1.29 is 17.9 Å². The molecule has 6 heteroatoms. The van der Waals surface area contributed by atoms with E-state index in [2.05, 4.69) is 9.97 Å². The third kappa shape index (κ3) is 5.84. The summed E-state index contributed by atoms with van der Waals surface area (Å²) in [5, 5.41) is 0. The molecular weight excluding hydrogens is 401 g/mol. The van der Waals surface area contributed by atoms with Crippen LogP contribution in [-0.2, 0) is 12.3 Å². The largest absolute Gasteiger partial charge is 0.437 e. The molecule has 2 aromatic heterocycles. The summed E-state index contributed by atoms with van der Waals surface area (Å²) < 4.78 is 48.3. The smallest absolute Gasteiger partial charge is 0.289 e. The molecule has 3 aromatic rings. The Morgan fingerprint density at radius 2 is 1.77 bits per heavy atom. The number of hydrogen-bond donors (Lipinski definition) is 0. The van der Waals surface area contributed by atoms with Crippen LogP contribution < -0.4 is 4.74 Å². The van der Waals surface area contributed by atoms with Crippen molar-refractivity contribution in [2.75, 3.05) is 0 Å². The first-order chi connectivity index (χ1) is 14.9. The monoisotopic (exact) mass is 428 g/mol. The summed E-state index contributed by atoms with van der Waals surface area (Å²) in [5.41, 5.74) is 2.08. The first kappa shape index (κ1) is 22.8. The molecule has 1 aromatic carbocycles. The molecule has 0 aliphatic carbocycles. The van der Waals surface area contributed by atoms with Gasteiger partial charge in [0.05, 0.1) is 6.20 Å². The van der Waals surface area contributed by atoms with Gasteiger partial charge in [0.1, 0.15) is 17.3 Å². The van der Waals surface area contributed by atoms with Gasteiger partial charge < -0.3 is 4.74 Å². The van der Waals surface area contributed by atoms with E-state index in [9.17, 15) is 13.2 Å². The number of alkyl halides is 2. The Labute approximate surface area is 181 Å². The summed E-state index contributed by atoms with van der Waals surface area (Å²) in [6, 6.07) is 11.0. The fraction of sp³-hybridized carbons (Fsp3) is 0.360. The zero-order valence-electron chi connectivity index (χ0n) is 17.9. The van der Waals surface area contributed by atoms with Gasteiger partial charge >= 0.3 is 0 Å². The van der Waals surface area contributed by atoms with Gasteiger partial charge in [-0.05, 0) is 60.4 Å². The number of nitrogens with zero attached hydrogens (tertiary/aromatic N) is 2. The second-order valence-corrected chi connectivity index (χ2v) is 7.51. The fourth-order valence-electron chi connectivity index (χ4n) is 3.47. The molecule has 0 aliphatic rings. The van der Waals surface area contributed by atoms with E-state index < -0.39 is 5.92 Å². The van der Waals surface area contributed by atoms with E-state index in [-0.39, 0.29) is 17.9 Å². The van der Waals surface area contributed by atoms with Crippen LogP contribution in [0.2, 0.25) is 0 Å². The first-order valence-corrected chi connectivity index (χ1v) is 10.7. The lowest BCUT2D eigenvalue weighted by molar-refractivity contribution is -0.0202. The number of aryl methyl sites for hydroxylation is 1. The van der Waals surface area contributed by atoms with Crippen LogP contribution in [-0.4, -0.2) is 9.97 Å². The maximum atomic E-state index is 14.4. The van der Waals surface area contributed by atoms with Crippen molar-refractivity contribution in [3.63, 3.8) is 0 Å². The molecule has 0 atom stereocenters. The molecule has 0 fully saturated rings. The third-order valence-corrected chi connectivity index (χ3v) is 5.18. The van der Waals surface area contributed by atoms with Crippen LogP contribution in [0.4, 0.5) is 13.2 Å². The molecule has 0 radical (unpaired) electrons. The zero-order chi connectivity index (χ0) is 22.3. The van der Waals surface area contributed by atoms with Gasteiger partial charge in [-0.25, -0.2) is 9.37 Å². The van der Waals surface area contributed by atoms with Crippen molar-refractivity contribution in [3.8, 4) is 22.8 Å². The van der Waals surface area contributed by atoms with Crippen LogP contribution in [0.5, 0.6) is 11.6 Å². The van der Waals surface area contributed by atoms with Crippen molar-refractivity contribution in [1.29, 1.82) is 0 Å². The quantitative estimate of drug-likeness (QED) is 0.310. The molecule has 31 heavy (non-hydrogen) atoms. The van der Waals surface area contributed by atoms with Crippen LogP contribution >= 0.6 is 0 Å². The highest BCUT2D eigenvalue weighted by Gasteiger charge is 2.32. The molecule has 0 saturated heterocycles. The second-order valence-electron chi connectivity index (χ2n) is 7.51. The van der Waals surface area contributed by atoms with Crippen LogP contribution in [0.1, 0.15) is 57.2 Å². The molecule has 0 bridgehead atoms. The highest BCUT2D eigenvalue weighted by Crippen LogP contribution is 2.36. The number of aromatic nitrogens is 2. The predicted molar refractivity (Wildman–Crippen MR) is 116 cm³/mol. The average Bonchev–Trinajstić information content (AvgIpc) is 2.77. The van der Waals surface area contributed by atoms with Gasteiger partial charge in [0.25, 0.3) is 5.92 Å². The third-order valence-electron chi connectivity index (χ3n) is 5.18. The molecule has 0 N–H and O–H groups in total. The summed E-state index contributed by atoms with van der Waals surface area (Å²) in [4.78, 5) is 8.23. The van der Waals surface area contributed by atoms with Gasteiger partial charge in [0, 0.05) is 18.2 Å². The number of halogens is 3. The summed E-state index contributed by atoms with van der Waals surface area (Å²) in [6.07, 6.45) is 6.52. The number of benzene rings is 1. The maximum Gasteiger partial charge on any atom is 0.289 e. The number of rotatable bonds is 10. The minimum Gasteiger partial charge on any atom is -0.437 e. The molecule has 3 nitrogen and oxygen atoms in total. The molecule has 3 rings (SSSR count). The molecule has 0 aliphatic heterocycles. The van der Waals surface area contributed by atoms with Crippen molar-refractivity contribution in [1.82, 2.24) is 9.97 Å². The van der Waals surface area contributed by atoms with Crippen molar-refractivity contribution in [2.24, 2.45) is 0 Å². The van der Waals surface area contributed by atoms with E-state index in [1.54, 1.807) is 18.3 Å². The minimum absolute atomic E-state index is 0.213. The molecule has 164 valence electrons. The number of ether oxygens (including phenoxy) is 1. The lowest BCUT2D eigenvalue weighted by Crippen LogP contribution is -2.15. The second kappa shape index (κ2) is 10.4. The molecule has 0 unspecified atom stereocenters. The molecular formula is C25H27F3N2O. The summed E-state index contributed by atoms with van der Waals surface area (Å²) in [7, 11) is 0. The topological polar surface area (TPSA) is 35.0 Å². The van der Waals surface area contributed by atoms with Crippen molar-refractivity contribution in [3.05, 3.63) is 71.9 Å². The highest BCUT2D eigenvalue weighted by molar-refractivity contribution is 5.72. The van der Waals surface area contributed by atoms with E-state index in [0.717, 1.165) is 30.4 Å². The summed E-state index contributed by atoms with van der Waals surface area (Å²) >= 11 is 0. The molecule has 0 amide bonds. The molecule has 0 spiro atoms. The van der Waals surface area contributed by atoms with E-state index in [1.807, 2.05) is 19.9 Å². The molecule has 0 saturated carbocycles. The minimum atomic E-state index is -2.97. The predicted octanol–water partition coefficient (Wildman–Crippen LogP) is 7.70. The van der Waals surface area contributed by atoms with Gasteiger partial charge in [0.15, 0.2) is 0 Å². The average molecular weight is 428 g/mol. The number of hydrogen-bond acceptors (Lipinski definition) is 3. The van der Waals surface area contributed by atoms with Crippen LogP contribution in [0.3, 0.4) is 0 Å². The lowest BCUT2D eigenvalue weighted by Gasteiger charge is -2.16. The Balaban J connectivity index is 1.79. The number of pyridine rings is 2. The SMILES string of the molecule is CCCCCCC(F)(F)c1ccc(Oc2ncccc2-c2ccc(F)cc2CC)cn1. The van der Waals surface area contributed by atoms with E-state index in [0.29, 0.717) is 30.0 Å². The van der Waals surface area contributed by atoms with E-state index in [4.69, 9.17) is 4.74 Å². The maximum absolute atomic E-state index is 14.4. The van der Waals surface area contributed by atoms with Crippen molar-refractivity contribution in [2.45, 2.75) is 58.3 Å². The molecule has 2 heterocycles. The summed E-state index contributed by atoms with van der Waals surface area (Å²) in [6.45, 7) is 3.99. The van der Waals surface area contributed by atoms with Gasteiger partial charge in [0.2, 0.25) is 5.88 Å². The van der Waals surface area contributed by atoms with Gasteiger partial charge in [-0.15, -0.1) is 0 Å². The van der Waals surface area contributed by atoms with Gasteiger partial charge in [-0.1, -0.05) is 39.2 Å². The van der Waals surface area contributed by atoms with E-state index in [1.165, 1.54) is 30.5 Å². The van der Waals surface area contributed by atoms with Crippen molar-refractivity contribution >= 4 is 0 Å². The van der Waals surface area contributed by atoms with Gasteiger partial charge in [-0.3, -0.25) is 4.98 Å². The normalized spacial score (nSPS) is 11.5. The lowest BCUT2D eigenvalue weighted by atomic mass is 9.99. The fourth-order valence-corrected chi connectivity index (χ4v) is 3.47. The standard InChI is InChI=1S/C25H27F3N2O/c1-3-5-6-7-14-25(27,28)23-13-11-20(17-30-23)31-24-22(9-8-15-29-24)21-12-10-19(26)16-18(21)4-2/h8-13,15-17H,3-7,14H2,1-2H3. The van der Waals surface area contributed by atoms with Crippen LogP contribution in [0.25, 0.3) is 11.1 Å². The number of unbranched alkanes of at least 4 members (excludes halogenated alkanes) is 3.